The van der Waals surface area contributed by atoms with Crippen molar-refractivity contribution in [2.45, 2.75) is 90.8 Å². The van der Waals surface area contributed by atoms with Gasteiger partial charge in [0.15, 0.2) is 8.32 Å². The van der Waals surface area contributed by atoms with Crippen LogP contribution in [0.25, 0.3) is 0 Å². The van der Waals surface area contributed by atoms with Crippen molar-refractivity contribution in [1.82, 2.24) is 0 Å². The number of esters is 1. The van der Waals surface area contributed by atoms with Crippen molar-refractivity contribution in [2.24, 2.45) is 0 Å². The van der Waals surface area contributed by atoms with Crippen LogP contribution in [0.2, 0.25) is 18.1 Å². The number of hydrogen-bond acceptors (Lipinski definition) is 6. The van der Waals surface area contributed by atoms with Crippen LogP contribution in [-0.4, -0.2) is 67.1 Å². The van der Waals surface area contributed by atoms with Gasteiger partial charge in [0, 0.05) is 6.42 Å². The fourth-order valence-corrected chi connectivity index (χ4v) is 3.48. The molecule has 0 rings (SSSR count). The van der Waals surface area contributed by atoms with E-state index in [0.717, 1.165) is 12.8 Å². The number of hydrogen-bond donors (Lipinski definition) is 0. The number of carbonyl (C=O) groups is 1. The van der Waals surface area contributed by atoms with Gasteiger partial charge in [-0.05, 0) is 24.6 Å². The van der Waals surface area contributed by atoms with Gasteiger partial charge in [-0.15, -0.1) is 0 Å². The van der Waals surface area contributed by atoms with Crippen molar-refractivity contribution in [3.8, 4) is 0 Å². The minimum absolute atomic E-state index is 0.125. The summed E-state index contributed by atoms with van der Waals surface area (Å²) in [7, 11) is -1.68. The average Bonchev–Trinajstić information content (AvgIpc) is 2.67. The van der Waals surface area contributed by atoms with Crippen molar-refractivity contribution < 1.29 is 28.2 Å². The molecule has 0 atom stereocenters. The summed E-state index contributed by atoms with van der Waals surface area (Å²) >= 11 is 0. The van der Waals surface area contributed by atoms with E-state index in [1.807, 2.05) is 0 Å². The smallest absolute Gasteiger partial charge is 0.305 e. The molecule has 0 N–H and O–H groups in total. The first kappa shape index (κ1) is 29.5. The Hall–Kier alpha value is -0.473. The van der Waals surface area contributed by atoms with Gasteiger partial charge < -0.3 is 23.4 Å². The Balaban J connectivity index is 3.30. The van der Waals surface area contributed by atoms with E-state index in [0.29, 0.717) is 59.3 Å². The first-order valence-electron chi connectivity index (χ1n) is 11.7. The van der Waals surface area contributed by atoms with E-state index in [2.05, 4.69) is 40.8 Å². The van der Waals surface area contributed by atoms with Gasteiger partial charge in [-0.25, -0.2) is 0 Å². The second-order valence-corrected chi connectivity index (χ2v) is 14.0. The molecular formula is C23H48O6Si. The maximum Gasteiger partial charge on any atom is 0.305 e. The quantitative estimate of drug-likeness (QED) is 0.142. The fourth-order valence-electron chi connectivity index (χ4n) is 2.45. The lowest BCUT2D eigenvalue weighted by molar-refractivity contribution is -0.145. The molecule has 0 heterocycles. The van der Waals surface area contributed by atoms with Crippen LogP contribution in [0.3, 0.4) is 0 Å². The third-order valence-electron chi connectivity index (χ3n) is 5.47. The second-order valence-electron chi connectivity index (χ2n) is 9.18. The van der Waals surface area contributed by atoms with Crippen molar-refractivity contribution >= 4 is 14.3 Å². The van der Waals surface area contributed by atoms with Gasteiger partial charge in [0.25, 0.3) is 0 Å². The highest BCUT2D eigenvalue weighted by atomic mass is 28.4. The molecule has 0 unspecified atom stereocenters. The minimum atomic E-state index is -1.68. The van der Waals surface area contributed by atoms with Crippen LogP contribution < -0.4 is 0 Å². The maximum atomic E-state index is 11.6. The number of ether oxygens (including phenoxy) is 4. The summed E-state index contributed by atoms with van der Waals surface area (Å²) in [6.07, 6.45) is 7.53. The Bertz CT molecular complexity index is 409. The van der Waals surface area contributed by atoms with Crippen LogP contribution in [0.15, 0.2) is 0 Å². The van der Waals surface area contributed by atoms with Crippen LogP contribution >= 0.6 is 0 Å². The summed E-state index contributed by atoms with van der Waals surface area (Å²) in [6, 6.07) is 0. The number of carbonyl (C=O) groups excluding carboxylic acids is 1. The van der Waals surface area contributed by atoms with Gasteiger partial charge in [-0.1, -0.05) is 59.8 Å². The van der Waals surface area contributed by atoms with Gasteiger partial charge in [-0.2, -0.15) is 0 Å². The normalized spacial score (nSPS) is 12.3. The van der Waals surface area contributed by atoms with Crippen molar-refractivity contribution in [1.29, 1.82) is 0 Å². The van der Waals surface area contributed by atoms with E-state index in [9.17, 15) is 4.79 Å². The Morgan fingerprint density at radius 1 is 0.700 bits per heavy atom. The highest BCUT2D eigenvalue weighted by Gasteiger charge is 2.36. The maximum absolute atomic E-state index is 11.6. The molecule has 0 saturated heterocycles. The molecule has 7 heteroatoms. The molecule has 0 aliphatic rings. The Morgan fingerprint density at radius 2 is 1.17 bits per heavy atom. The Kier molecular flexibility index (Phi) is 17.8. The van der Waals surface area contributed by atoms with E-state index >= 15 is 0 Å². The third-order valence-corrected chi connectivity index (χ3v) is 10.0. The standard InChI is InChI=1S/C23H48O6Si/c1-7-8-9-10-11-12-13-22(24)28-20-18-26-16-14-25-15-17-27-19-21-29-30(5,6)23(2,3)4/h7-21H2,1-6H3. The van der Waals surface area contributed by atoms with Crippen LogP contribution in [0.4, 0.5) is 0 Å². The molecule has 0 aromatic heterocycles. The summed E-state index contributed by atoms with van der Waals surface area (Å²) in [5.74, 6) is -0.125. The van der Waals surface area contributed by atoms with Gasteiger partial charge >= 0.3 is 5.97 Å². The molecule has 0 radical (unpaired) electrons. The van der Waals surface area contributed by atoms with E-state index in [-0.39, 0.29) is 11.0 Å². The van der Waals surface area contributed by atoms with E-state index < -0.39 is 8.32 Å². The zero-order chi connectivity index (χ0) is 22.7. The van der Waals surface area contributed by atoms with Crippen molar-refractivity contribution in [3.63, 3.8) is 0 Å². The van der Waals surface area contributed by atoms with E-state index in [1.165, 1.54) is 25.7 Å². The topological polar surface area (TPSA) is 63.2 Å². The molecule has 30 heavy (non-hydrogen) atoms. The van der Waals surface area contributed by atoms with Gasteiger partial charge in [0.2, 0.25) is 0 Å². The molecule has 0 bridgehead atoms. The molecule has 0 saturated carbocycles. The summed E-state index contributed by atoms with van der Waals surface area (Å²) in [4.78, 5) is 11.6. The third kappa shape index (κ3) is 17.2. The molecule has 6 nitrogen and oxygen atoms in total. The second kappa shape index (κ2) is 18.1. The first-order valence-corrected chi connectivity index (χ1v) is 14.6. The summed E-state index contributed by atoms with van der Waals surface area (Å²) in [5, 5.41) is 0.225. The fraction of sp³-hybridized carbons (Fsp3) is 0.957. The zero-order valence-corrected chi connectivity index (χ0v) is 21.6. The van der Waals surface area contributed by atoms with Crippen LogP contribution in [0.5, 0.6) is 0 Å². The van der Waals surface area contributed by atoms with Crippen LogP contribution in [0.1, 0.15) is 72.6 Å². The van der Waals surface area contributed by atoms with Crippen molar-refractivity contribution in [2.75, 3.05) is 52.9 Å². The molecule has 0 aliphatic heterocycles. The molecule has 0 spiro atoms. The number of rotatable bonds is 20. The summed E-state index contributed by atoms with van der Waals surface area (Å²) in [5.41, 5.74) is 0. The SMILES string of the molecule is CCCCCCCCC(=O)OCCOCCOCCOCCO[Si](C)(C)C(C)(C)C. The monoisotopic (exact) mass is 448 g/mol. The van der Waals surface area contributed by atoms with Crippen LogP contribution in [-0.2, 0) is 28.2 Å². The molecule has 180 valence electrons. The largest absolute Gasteiger partial charge is 0.463 e. The van der Waals surface area contributed by atoms with Crippen LogP contribution in [0, 0.1) is 0 Å². The first-order chi connectivity index (χ1) is 14.2. The lowest BCUT2D eigenvalue weighted by atomic mass is 10.1. The van der Waals surface area contributed by atoms with E-state index in [1.54, 1.807) is 0 Å². The minimum Gasteiger partial charge on any atom is -0.463 e. The Morgan fingerprint density at radius 3 is 1.70 bits per heavy atom. The summed E-state index contributed by atoms with van der Waals surface area (Å²) in [6.45, 7) is 17.4. The molecule has 0 amide bonds. The highest BCUT2D eigenvalue weighted by Crippen LogP contribution is 2.36. The predicted octanol–water partition coefficient (Wildman–Crippen LogP) is 5.35. The summed E-state index contributed by atoms with van der Waals surface area (Å²) < 4.78 is 27.6. The molecule has 0 aromatic rings. The zero-order valence-electron chi connectivity index (χ0n) is 20.6. The lowest BCUT2D eigenvalue weighted by Crippen LogP contribution is -2.41. The molecular weight excluding hydrogens is 400 g/mol. The van der Waals surface area contributed by atoms with Crippen molar-refractivity contribution in [3.05, 3.63) is 0 Å². The van der Waals surface area contributed by atoms with Gasteiger partial charge in [0.1, 0.15) is 6.61 Å². The van der Waals surface area contributed by atoms with Gasteiger partial charge in [-0.3, -0.25) is 4.79 Å². The molecule has 0 aliphatic carbocycles. The van der Waals surface area contributed by atoms with Gasteiger partial charge in [0.05, 0.1) is 46.2 Å². The predicted molar refractivity (Wildman–Crippen MR) is 125 cm³/mol. The lowest BCUT2D eigenvalue weighted by Gasteiger charge is -2.36. The van der Waals surface area contributed by atoms with E-state index in [4.69, 9.17) is 23.4 Å². The molecule has 0 fully saturated rings. The number of unbranched alkanes of at least 4 members (excludes halogenated alkanes) is 5. The highest BCUT2D eigenvalue weighted by molar-refractivity contribution is 6.74. The molecule has 0 aromatic carbocycles. The average molecular weight is 449 g/mol. The Labute approximate surface area is 186 Å².